The maximum atomic E-state index is 2.48. The fourth-order valence-electron chi connectivity index (χ4n) is 0. The number of halogens is 4. The molecule has 0 spiro atoms. The molecule has 59 valence electrons. The van der Waals surface area contributed by atoms with Gasteiger partial charge in [-0.05, 0) is 0 Å². The van der Waals surface area contributed by atoms with Gasteiger partial charge in [-0.1, -0.05) is 0 Å². The van der Waals surface area contributed by atoms with Crippen molar-refractivity contribution in [3.8, 4) is 0 Å². The summed E-state index contributed by atoms with van der Waals surface area (Å²) in [5.74, 6) is 0. The molecule has 0 fully saturated rings. The van der Waals surface area contributed by atoms with Gasteiger partial charge in [0, 0.05) is 0 Å². The van der Waals surface area contributed by atoms with Gasteiger partial charge in [0.15, 0.2) is 0 Å². The fourth-order valence-corrected chi connectivity index (χ4v) is 0. The molecule has 0 atom stereocenters. The molecule has 3 nitrogen and oxygen atoms in total. The molecule has 0 amide bonds. The molecule has 0 bridgehead atoms. The summed E-state index contributed by atoms with van der Waals surface area (Å²) in [7, 11) is 0. The van der Waals surface area contributed by atoms with Crippen LogP contribution in [0.1, 0.15) is 0 Å². The van der Waals surface area contributed by atoms with Crippen molar-refractivity contribution in [3.05, 3.63) is 0 Å². The Morgan fingerprint density at radius 1 is 0.625 bits per heavy atom. The van der Waals surface area contributed by atoms with Gasteiger partial charge in [-0.2, -0.15) is 0 Å². The SMILES string of the molecule is O.O.O.[I][Mn]([I])([I])[I]. The molecule has 0 saturated heterocycles. The molecule has 8 heavy (non-hydrogen) atoms. The molecular weight excluding hydrogens is 611 g/mol. The first kappa shape index (κ1) is 22.5. The van der Waals surface area contributed by atoms with Crippen LogP contribution in [0.3, 0.4) is 0 Å². The van der Waals surface area contributed by atoms with E-state index in [1.54, 1.807) is 0 Å². The molecule has 8 heteroatoms. The molecule has 0 heterocycles. The molecule has 0 radical (unpaired) electrons. The zero-order valence-corrected chi connectivity index (χ0v) is 13.2. The van der Waals surface area contributed by atoms with E-state index in [1.807, 2.05) is 0 Å². The van der Waals surface area contributed by atoms with E-state index in [9.17, 15) is 0 Å². The second kappa shape index (κ2) is 10.3. The molecule has 0 rings (SSSR count). The van der Waals surface area contributed by atoms with Crippen LogP contribution in [0.25, 0.3) is 0 Å². The van der Waals surface area contributed by atoms with Gasteiger partial charge in [-0.3, -0.25) is 0 Å². The summed E-state index contributed by atoms with van der Waals surface area (Å²) in [6.07, 6.45) is 0. The molecule has 0 aliphatic heterocycles. The van der Waals surface area contributed by atoms with E-state index in [2.05, 4.69) is 81.4 Å². The summed E-state index contributed by atoms with van der Waals surface area (Å²) in [5.41, 5.74) is 0. The second-order valence-corrected chi connectivity index (χ2v) is 60.1. The molecule has 0 unspecified atom stereocenters. The van der Waals surface area contributed by atoms with Gasteiger partial charge in [0.05, 0.1) is 0 Å². The quantitative estimate of drug-likeness (QED) is 0.288. The van der Waals surface area contributed by atoms with Crippen molar-refractivity contribution in [2.24, 2.45) is 0 Å². The van der Waals surface area contributed by atoms with Crippen molar-refractivity contribution >= 4 is 81.4 Å². The van der Waals surface area contributed by atoms with Gasteiger partial charge in [0.2, 0.25) is 0 Å². The Kier molecular flexibility index (Phi) is 29.0. The van der Waals surface area contributed by atoms with Gasteiger partial charge in [0.1, 0.15) is 0 Å². The number of hydrogen-bond acceptors (Lipinski definition) is 0. The van der Waals surface area contributed by atoms with Crippen LogP contribution in [0.2, 0.25) is 0 Å². The minimum absolute atomic E-state index is 0. The van der Waals surface area contributed by atoms with E-state index in [0.717, 1.165) is 0 Å². The first-order valence-electron chi connectivity index (χ1n) is 0.571. The monoisotopic (exact) mass is 617 g/mol. The standard InChI is InChI=1S/4HI.Mn.3H2O/h4*1H;;3*1H2/q;;;;+4;;;/p-4. The Morgan fingerprint density at radius 2 is 0.625 bits per heavy atom. The van der Waals surface area contributed by atoms with E-state index in [1.165, 1.54) is 0 Å². The molecular formula is H6I4MnO3. The summed E-state index contributed by atoms with van der Waals surface area (Å²) < 4.78 is -0.745. The number of hydrogen-bond donors (Lipinski definition) is 0. The van der Waals surface area contributed by atoms with Crippen molar-refractivity contribution in [2.45, 2.75) is 0 Å². The van der Waals surface area contributed by atoms with Gasteiger partial charge in [0.25, 0.3) is 0 Å². The van der Waals surface area contributed by atoms with Crippen LogP contribution in [-0.2, 0) is -0.154 Å². The van der Waals surface area contributed by atoms with E-state index < -0.39 is -0.154 Å². The zero-order chi connectivity index (χ0) is 4.50. The summed E-state index contributed by atoms with van der Waals surface area (Å²) in [6.45, 7) is 0. The molecule has 0 aromatic rings. The Labute approximate surface area is 95.2 Å². The van der Waals surface area contributed by atoms with E-state index in [4.69, 9.17) is 0 Å². The minimum atomic E-state index is -0.745. The molecule has 0 aromatic carbocycles. The normalized spacial score (nSPS) is 9.50. The summed E-state index contributed by atoms with van der Waals surface area (Å²) in [5, 5.41) is 0. The first-order valence-corrected chi connectivity index (χ1v) is 15.8. The van der Waals surface area contributed by atoms with Crippen LogP contribution < -0.4 is 0 Å². The van der Waals surface area contributed by atoms with Gasteiger partial charge in [-0.15, -0.1) is 0 Å². The van der Waals surface area contributed by atoms with E-state index in [0.29, 0.717) is 0 Å². The predicted molar refractivity (Wildman–Crippen MR) is 66.9 cm³/mol. The molecule has 0 saturated carbocycles. The topological polar surface area (TPSA) is 94.5 Å². The van der Waals surface area contributed by atoms with Crippen molar-refractivity contribution in [1.82, 2.24) is 0 Å². The maximum absolute atomic E-state index is 2.48. The third kappa shape index (κ3) is 58.5. The molecule has 0 aliphatic carbocycles. The summed E-state index contributed by atoms with van der Waals surface area (Å²) in [4.78, 5) is 0. The zero-order valence-electron chi connectivity index (χ0n) is 3.39. The fraction of sp³-hybridized carbons (Fsp3) is 0. The van der Waals surface area contributed by atoms with Crippen molar-refractivity contribution in [3.63, 3.8) is 0 Å². The van der Waals surface area contributed by atoms with E-state index in [-0.39, 0.29) is 16.4 Å². The van der Waals surface area contributed by atoms with Crippen molar-refractivity contribution < 1.29 is 16.3 Å². The summed E-state index contributed by atoms with van der Waals surface area (Å²) >= 11 is 9.91. The second-order valence-electron chi connectivity index (χ2n) is 0.324. The van der Waals surface area contributed by atoms with Crippen LogP contribution >= 0.6 is 81.4 Å². The van der Waals surface area contributed by atoms with Crippen LogP contribution in [0, 0.1) is 0 Å². The average molecular weight is 617 g/mol. The third-order valence-corrected chi connectivity index (χ3v) is 0. The van der Waals surface area contributed by atoms with Crippen molar-refractivity contribution in [1.29, 1.82) is 0 Å². The van der Waals surface area contributed by atoms with Crippen LogP contribution in [0.4, 0.5) is 0 Å². The van der Waals surface area contributed by atoms with Crippen LogP contribution in [-0.4, -0.2) is 16.4 Å². The molecule has 6 N–H and O–H groups in total. The molecule has 0 aliphatic rings. The Bertz CT molecular complexity index is 26.8. The van der Waals surface area contributed by atoms with Crippen LogP contribution in [0.5, 0.6) is 0 Å². The Morgan fingerprint density at radius 3 is 0.625 bits per heavy atom. The van der Waals surface area contributed by atoms with Gasteiger partial charge < -0.3 is 16.4 Å². The predicted octanol–water partition coefficient (Wildman–Crippen LogP) is 1.07. The number of rotatable bonds is 0. The van der Waals surface area contributed by atoms with Crippen LogP contribution in [0.15, 0.2) is 0 Å². The average Bonchev–Trinajstić information content (AvgIpc) is 0.722. The van der Waals surface area contributed by atoms with Gasteiger partial charge in [-0.25, -0.2) is 0 Å². The first-order chi connectivity index (χ1) is 2.00. The van der Waals surface area contributed by atoms with E-state index >= 15 is 0 Å². The Balaban J connectivity index is -0.0000000267. The molecule has 0 aromatic heterocycles. The van der Waals surface area contributed by atoms with Gasteiger partial charge >= 0.3 is 81.2 Å². The van der Waals surface area contributed by atoms with Crippen molar-refractivity contribution in [2.75, 3.05) is 0 Å². The third-order valence-electron chi connectivity index (χ3n) is 0. The Hall–Kier alpha value is 3.32. The summed E-state index contributed by atoms with van der Waals surface area (Å²) in [6, 6.07) is 0.